The second kappa shape index (κ2) is 12.7. The average Bonchev–Trinajstić information content (AvgIpc) is 3.97. The molecule has 0 saturated heterocycles. The summed E-state index contributed by atoms with van der Waals surface area (Å²) in [6, 6.07) is 81.1. The molecule has 0 N–H and O–H groups in total. The summed E-state index contributed by atoms with van der Waals surface area (Å²) in [5, 5.41) is 12.7. The van der Waals surface area contributed by atoms with Gasteiger partial charge in [0.15, 0.2) is 0 Å². The lowest BCUT2D eigenvalue weighted by atomic mass is 9.96. The Bertz CT molecular complexity index is 4010. The van der Waals surface area contributed by atoms with Gasteiger partial charge in [-0.1, -0.05) is 146 Å². The van der Waals surface area contributed by atoms with Gasteiger partial charge in [-0.3, -0.25) is 0 Å². The van der Waals surface area contributed by atoms with Gasteiger partial charge >= 0.3 is 0 Å². The summed E-state index contributed by atoms with van der Waals surface area (Å²) in [6.07, 6.45) is 0. The van der Waals surface area contributed by atoms with Crippen molar-refractivity contribution >= 4 is 75.9 Å². The van der Waals surface area contributed by atoms with Crippen LogP contribution >= 0.6 is 0 Å². The first-order valence-electron chi connectivity index (χ1n) is 21.5. The average molecular weight is 785 g/mol. The molecule has 11 aromatic carbocycles. The number of para-hydroxylation sites is 1. The smallest absolute Gasteiger partial charge is 0.0619 e. The molecule has 13 aromatic rings. The molecule has 0 unspecified atom stereocenters. The van der Waals surface area contributed by atoms with Crippen LogP contribution < -0.4 is 0 Å². The maximum Gasteiger partial charge on any atom is 0.0619 e. The van der Waals surface area contributed by atoms with E-state index in [1.807, 2.05) is 0 Å². The molecule has 286 valence electrons. The van der Waals surface area contributed by atoms with Crippen molar-refractivity contribution < 1.29 is 0 Å². The van der Waals surface area contributed by atoms with Gasteiger partial charge in [-0.2, -0.15) is 0 Å². The molecule has 62 heavy (non-hydrogen) atoms. The molecule has 0 atom stereocenters. The maximum atomic E-state index is 2.45. The number of fused-ring (bicyclic) bond motifs is 12. The Morgan fingerprint density at radius 1 is 0.242 bits per heavy atom. The number of aromatic nitrogens is 2. The van der Waals surface area contributed by atoms with Gasteiger partial charge in [0.05, 0.1) is 22.1 Å². The summed E-state index contributed by atoms with van der Waals surface area (Å²) in [6.45, 7) is 0. The van der Waals surface area contributed by atoms with E-state index in [1.165, 1.54) is 126 Å². The van der Waals surface area contributed by atoms with Gasteiger partial charge in [0.2, 0.25) is 0 Å². The zero-order valence-electron chi connectivity index (χ0n) is 33.7. The van der Waals surface area contributed by atoms with E-state index in [4.69, 9.17) is 0 Å². The highest BCUT2D eigenvalue weighted by molar-refractivity contribution is 6.20. The van der Waals surface area contributed by atoms with E-state index in [0.717, 1.165) is 5.69 Å². The summed E-state index contributed by atoms with van der Waals surface area (Å²) in [4.78, 5) is 0. The van der Waals surface area contributed by atoms with Gasteiger partial charge in [0, 0.05) is 38.3 Å². The Balaban J connectivity index is 0.933. The Kier molecular flexibility index (Phi) is 6.86. The van der Waals surface area contributed by atoms with Gasteiger partial charge in [0.25, 0.3) is 0 Å². The van der Waals surface area contributed by atoms with Crippen LogP contribution in [0.5, 0.6) is 0 Å². The van der Waals surface area contributed by atoms with Crippen LogP contribution in [0, 0.1) is 0 Å². The van der Waals surface area contributed by atoms with E-state index in [0.29, 0.717) is 0 Å². The Morgan fingerprint density at radius 2 is 0.823 bits per heavy atom. The summed E-state index contributed by atoms with van der Waals surface area (Å²) in [5.74, 6) is 0. The van der Waals surface area contributed by atoms with Crippen molar-refractivity contribution in [2.45, 2.75) is 0 Å². The first-order valence-corrected chi connectivity index (χ1v) is 21.5. The van der Waals surface area contributed by atoms with Crippen molar-refractivity contribution in [3.63, 3.8) is 0 Å². The maximum absolute atomic E-state index is 2.45. The van der Waals surface area contributed by atoms with Gasteiger partial charge in [-0.05, 0) is 144 Å². The van der Waals surface area contributed by atoms with Gasteiger partial charge in [0.1, 0.15) is 0 Å². The van der Waals surface area contributed by atoms with Crippen molar-refractivity contribution in [2.24, 2.45) is 0 Å². The SMILES string of the molecule is c1ccc(-n2c3ccc(-c4ccc5c(c4)c4cc6ccccc6cc4n5-c4ccc(-c5cc6c7c(cccc7c5)-c5ccccc5-6)cc4)cc3c3ccc4ccccc4c32)cc1. The fourth-order valence-electron chi connectivity index (χ4n) is 10.8. The predicted octanol–water partition coefficient (Wildman–Crippen LogP) is 16.3. The van der Waals surface area contributed by atoms with E-state index >= 15 is 0 Å². The molecule has 1 aliphatic rings. The van der Waals surface area contributed by atoms with Gasteiger partial charge in [-0.15, -0.1) is 0 Å². The van der Waals surface area contributed by atoms with E-state index in [-0.39, 0.29) is 0 Å². The van der Waals surface area contributed by atoms with E-state index in [2.05, 4.69) is 228 Å². The van der Waals surface area contributed by atoms with E-state index in [9.17, 15) is 0 Å². The molecule has 14 rings (SSSR count). The summed E-state index contributed by atoms with van der Waals surface area (Å²) >= 11 is 0. The molecule has 2 aromatic heterocycles. The molecule has 0 fully saturated rings. The molecule has 2 nitrogen and oxygen atoms in total. The normalized spacial score (nSPS) is 12.2. The quantitative estimate of drug-likeness (QED) is 0.168. The zero-order chi connectivity index (χ0) is 40.5. The fourth-order valence-corrected chi connectivity index (χ4v) is 10.8. The van der Waals surface area contributed by atoms with Crippen LogP contribution in [0.3, 0.4) is 0 Å². The Morgan fingerprint density at radius 3 is 1.61 bits per heavy atom. The summed E-state index contributed by atoms with van der Waals surface area (Å²) in [7, 11) is 0. The molecule has 1 aliphatic carbocycles. The second-order valence-corrected chi connectivity index (χ2v) is 16.9. The summed E-state index contributed by atoms with van der Waals surface area (Å²) in [5.41, 5.74) is 17.4. The second-order valence-electron chi connectivity index (χ2n) is 16.9. The molecular formula is C60H36N2. The molecule has 0 saturated carbocycles. The largest absolute Gasteiger partial charge is 0.309 e. The topological polar surface area (TPSA) is 9.86 Å². The van der Waals surface area contributed by atoms with Crippen LogP contribution in [0.15, 0.2) is 218 Å². The van der Waals surface area contributed by atoms with Crippen molar-refractivity contribution in [1.29, 1.82) is 0 Å². The standard InChI is InChI=1S/C60H36N2/c1-2-15-45(16-3-1)62-57-30-25-41(33-52(57)51-28-23-38-11-6-7-17-47(38)60(51)62)42-24-29-56-53(34-42)54-32-39-12-4-5-13-40(39)36-58(54)61(56)46-26-21-37(22-27-46)44-31-43-14-10-20-50-48-18-8-9-19-49(48)55(35-44)59(43)50/h1-36H. The van der Waals surface area contributed by atoms with Crippen molar-refractivity contribution in [3.05, 3.63) is 218 Å². The van der Waals surface area contributed by atoms with Crippen molar-refractivity contribution in [1.82, 2.24) is 9.13 Å². The monoisotopic (exact) mass is 784 g/mol. The highest BCUT2D eigenvalue weighted by Crippen LogP contribution is 2.49. The first-order chi connectivity index (χ1) is 30.7. The number of nitrogens with zero attached hydrogens (tertiary/aromatic N) is 2. The molecule has 2 heterocycles. The van der Waals surface area contributed by atoms with E-state index < -0.39 is 0 Å². The molecule has 0 radical (unpaired) electrons. The van der Waals surface area contributed by atoms with Crippen LogP contribution in [0.1, 0.15) is 0 Å². The van der Waals surface area contributed by atoms with Gasteiger partial charge < -0.3 is 9.13 Å². The summed E-state index contributed by atoms with van der Waals surface area (Å²) < 4.78 is 4.89. The zero-order valence-corrected chi connectivity index (χ0v) is 33.7. The van der Waals surface area contributed by atoms with Crippen LogP contribution in [0.25, 0.3) is 132 Å². The van der Waals surface area contributed by atoms with Crippen LogP contribution in [-0.4, -0.2) is 9.13 Å². The van der Waals surface area contributed by atoms with Crippen molar-refractivity contribution in [3.8, 4) is 55.9 Å². The molecule has 0 aliphatic heterocycles. The third kappa shape index (κ3) is 4.75. The lowest BCUT2D eigenvalue weighted by molar-refractivity contribution is 1.18. The number of rotatable bonds is 4. The lowest BCUT2D eigenvalue weighted by Crippen LogP contribution is -1.94. The number of benzene rings is 11. The minimum atomic E-state index is 1.15. The number of hydrogen-bond donors (Lipinski definition) is 0. The fraction of sp³-hybridized carbons (Fsp3) is 0. The Hall–Kier alpha value is -8.20. The first kappa shape index (κ1) is 33.6. The van der Waals surface area contributed by atoms with Crippen LogP contribution in [0.4, 0.5) is 0 Å². The van der Waals surface area contributed by atoms with Crippen LogP contribution in [-0.2, 0) is 0 Å². The molecule has 0 bridgehead atoms. The number of hydrogen-bond acceptors (Lipinski definition) is 0. The van der Waals surface area contributed by atoms with Crippen LogP contribution in [0.2, 0.25) is 0 Å². The Labute approximate surface area is 357 Å². The predicted molar refractivity (Wildman–Crippen MR) is 263 cm³/mol. The molecule has 2 heteroatoms. The highest BCUT2D eigenvalue weighted by atomic mass is 15.0. The van der Waals surface area contributed by atoms with Crippen molar-refractivity contribution in [2.75, 3.05) is 0 Å². The molecular weight excluding hydrogens is 749 g/mol. The van der Waals surface area contributed by atoms with Gasteiger partial charge in [-0.25, -0.2) is 0 Å². The highest BCUT2D eigenvalue weighted by Gasteiger charge is 2.22. The third-order valence-electron chi connectivity index (χ3n) is 13.6. The lowest BCUT2D eigenvalue weighted by Gasteiger charge is -2.12. The van der Waals surface area contributed by atoms with E-state index in [1.54, 1.807) is 0 Å². The minimum Gasteiger partial charge on any atom is -0.309 e. The minimum absolute atomic E-state index is 1.15. The third-order valence-corrected chi connectivity index (χ3v) is 13.6. The molecule has 0 spiro atoms. The molecule has 0 amide bonds.